The molecule has 1 aliphatic carbocycles. The van der Waals surface area contributed by atoms with Gasteiger partial charge in [0.15, 0.2) is 0 Å². The van der Waals surface area contributed by atoms with Crippen molar-refractivity contribution in [3.8, 4) is 5.69 Å². The minimum absolute atomic E-state index is 0.751. The van der Waals surface area contributed by atoms with Crippen molar-refractivity contribution in [2.45, 2.75) is 31.8 Å². The topological polar surface area (TPSA) is 29.9 Å². The lowest BCUT2D eigenvalue weighted by Gasteiger charge is -2.26. The maximum Gasteiger partial charge on any atom is 0.0645 e. The summed E-state index contributed by atoms with van der Waals surface area (Å²) in [5.41, 5.74) is 2.45. The van der Waals surface area contributed by atoms with E-state index >= 15 is 0 Å². The van der Waals surface area contributed by atoms with E-state index in [-0.39, 0.29) is 0 Å². The third-order valence-corrected chi connectivity index (χ3v) is 3.41. The first-order chi connectivity index (χ1) is 8.42. The van der Waals surface area contributed by atoms with Crippen LogP contribution in [0, 0.1) is 0 Å². The van der Waals surface area contributed by atoms with Crippen LogP contribution >= 0.6 is 0 Å². The fourth-order valence-corrected chi connectivity index (χ4v) is 2.06. The molecule has 1 aromatic carbocycles. The Labute approximate surface area is 101 Å². The highest BCUT2D eigenvalue weighted by Gasteiger charge is 2.15. The summed E-state index contributed by atoms with van der Waals surface area (Å²) in [6, 6.07) is 11.3. The lowest BCUT2D eigenvalue weighted by Crippen LogP contribution is -2.34. The first-order valence-corrected chi connectivity index (χ1v) is 6.24. The second-order valence-electron chi connectivity index (χ2n) is 4.63. The molecule has 1 aromatic heterocycles. The van der Waals surface area contributed by atoms with E-state index in [1.165, 1.54) is 24.8 Å². The molecule has 3 rings (SSSR count). The fourth-order valence-electron chi connectivity index (χ4n) is 2.06. The summed E-state index contributed by atoms with van der Waals surface area (Å²) in [6.07, 6.45) is 7.82. The number of nitrogens with zero attached hydrogens (tertiary/aromatic N) is 2. The maximum absolute atomic E-state index is 4.21. The highest BCUT2D eigenvalue weighted by atomic mass is 15.3. The molecule has 0 saturated heterocycles. The lowest BCUT2D eigenvalue weighted by atomic mass is 9.93. The Bertz CT molecular complexity index is 455. The number of aromatic nitrogens is 2. The van der Waals surface area contributed by atoms with Crippen molar-refractivity contribution in [2.75, 3.05) is 0 Å². The van der Waals surface area contributed by atoms with Gasteiger partial charge in [0.25, 0.3) is 0 Å². The molecule has 1 aliphatic rings. The summed E-state index contributed by atoms with van der Waals surface area (Å²) in [6.45, 7) is 0.976. The second-order valence-corrected chi connectivity index (χ2v) is 4.63. The molecule has 0 amide bonds. The maximum atomic E-state index is 4.21. The van der Waals surface area contributed by atoms with Gasteiger partial charge in [-0.05, 0) is 36.6 Å². The van der Waals surface area contributed by atoms with Crippen LogP contribution in [0.3, 0.4) is 0 Å². The zero-order chi connectivity index (χ0) is 11.5. The smallest absolute Gasteiger partial charge is 0.0645 e. The van der Waals surface area contributed by atoms with E-state index in [0.29, 0.717) is 0 Å². The molecule has 0 radical (unpaired) electrons. The van der Waals surface area contributed by atoms with Crippen molar-refractivity contribution in [1.29, 1.82) is 0 Å². The van der Waals surface area contributed by atoms with Gasteiger partial charge in [-0.3, -0.25) is 0 Å². The predicted octanol–water partition coefficient (Wildman–Crippen LogP) is 2.51. The zero-order valence-electron chi connectivity index (χ0n) is 9.84. The van der Waals surface area contributed by atoms with E-state index in [1.807, 2.05) is 16.9 Å². The number of nitrogens with one attached hydrogen (secondary N) is 1. The SMILES string of the molecule is c1cnn(-c2ccc(CNC3CCC3)cc2)c1. The first-order valence-electron chi connectivity index (χ1n) is 6.24. The average molecular weight is 227 g/mol. The fraction of sp³-hybridized carbons (Fsp3) is 0.357. The zero-order valence-corrected chi connectivity index (χ0v) is 9.84. The van der Waals surface area contributed by atoms with Crippen molar-refractivity contribution < 1.29 is 0 Å². The summed E-state index contributed by atoms with van der Waals surface area (Å²) in [7, 11) is 0. The van der Waals surface area contributed by atoms with Gasteiger partial charge in [-0.1, -0.05) is 18.6 Å². The molecule has 0 spiro atoms. The molecule has 1 fully saturated rings. The predicted molar refractivity (Wildman–Crippen MR) is 68.0 cm³/mol. The molecule has 3 heteroatoms. The van der Waals surface area contributed by atoms with E-state index in [2.05, 4.69) is 34.7 Å². The number of hydrogen-bond acceptors (Lipinski definition) is 2. The van der Waals surface area contributed by atoms with Crippen LogP contribution in [0.2, 0.25) is 0 Å². The Morgan fingerprint density at radius 2 is 2.06 bits per heavy atom. The van der Waals surface area contributed by atoms with Crippen molar-refractivity contribution in [3.63, 3.8) is 0 Å². The molecule has 1 N–H and O–H groups in total. The Morgan fingerprint density at radius 3 is 2.65 bits per heavy atom. The number of rotatable bonds is 4. The molecule has 88 valence electrons. The van der Waals surface area contributed by atoms with E-state index in [9.17, 15) is 0 Å². The lowest BCUT2D eigenvalue weighted by molar-refractivity contribution is 0.338. The van der Waals surface area contributed by atoms with Gasteiger partial charge in [0.2, 0.25) is 0 Å². The van der Waals surface area contributed by atoms with Crippen molar-refractivity contribution in [3.05, 3.63) is 48.3 Å². The molecule has 1 heterocycles. The van der Waals surface area contributed by atoms with E-state index in [1.54, 1.807) is 6.20 Å². The molecule has 2 aromatic rings. The van der Waals surface area contributed by atoms with E-state index in [0.717, 1.165) is 18.3 Å². The highest BCUT2D eigenvalue weighted by molar-refractivity contribution is 5.33. The molecular formula is C14H17N3. The summed E-state index contributed by atoms with van der Waals surface area (Å²) in [4.78, 5) is 0. The van der Waals surface area contributed by atoms with E-state index < -0.39 is 0 Å². The van der Waals surface area contributed by atoms with E-state index in [4.69, 9.17) is 0 Å². The molecule has 3 nitrogen and oxygen atoms in total. The minimum atomic E-state index is 0.751. The van der Waals surface area contributed by atoms with Gasteiger partial charge in [-0.2, -0.15) is 5.10 Å². The third kappa shape index (κ3) is 2.39. The summed E-state index contributed by atoms with van der Waals surface area (Å²) in [5.74, 6) is 0. The van der Waals surface area contributed by atoms with Crippen LogP contribution in [0.1, 0.15) is 24.8 Å². The largest absolute Gasteiger partial charge is 0.310 e. The van der Waals surface area contributed by atoms with Crippen molar-refractivity contribution >= 4 is 0 Å². The Kier molecular flexibility index (Phi) is 2.92. The average Bonchev–Trinajstić information content (AvgIpc) is 2.81. The first kappa shape index (κ1) is 10.5. The second kappa shape index (κ2) is 4.72. The van der Waals surface area contributed by atoms with Crippen LogP contribution in [0.5, 0.6) is 0 Å². The molecule has 17 heavy (non-hydrogen) atoms. The van der Waals surface area contributed by atoms with Crippen molar-refractivity contribution in [1.82, 2.24) is 15.1 Å². The molecule has 0 atom stereocenters. The standard InChI is InChI=1S/C14H17N3/c1-3-13(4-1)15-11-12-5-7-14(8-6-12)17-10-2-9-16-17/h2,5-10,13,15H,1,3-4,11H2. The summed E-state index contributed by atoms with van der Waals surface area (Å²) < 4.78 is 1.88. The molecular weight excluding hydrogens is 210 g/mol. The number of hydrogen-bond donors (Lipinski definition) is 1. The number of benzene rings is 1. The monoisotopic (exact) mass is 227 g/mol. The third-order valence-electron chi connectivity index (χ3n) is 3.41. The van der Waals surface area contributed by atoms with Gasteiger partial charge in [0, 0.05) is 25.0 Å². The van der Waals surface area contributed by atoms with Crippen LogP contribution in [-0.2, 0) is 6.54 Å². The van der Waals surface area contributed by atoms with Crippen LogP contribution < -0.4 is 5.32 Å². The molecule has 1 saturated carbocycles. The van der Waals surface area contributed by atoms with Crippen LogP contribution in [-0.4, -0.2) is 15.8 Å². The van der Waals surface area contributed by atoms with Gasteiger partial charge < -0.3 is 5.32 Å². The Hall–Kier alpha value is -1.61. The summed E-state index contributed by atoms with van der Waals surface area (Å²) in [5, 5.41) is 7.78. The van der Waals surface area contributed by atoms with Gasteiger partial charge in [-0.25, -0.2) is 4.68 Å². The minimum Gasteiger partial charge on any atom is -0.310 e. The molecule has 0 aliphatic heterocycles. The van der Waals surface area contributed by atoms with Gasteiger partial charge in [0.1, 0.15) is 0 Å². The summed E-state index contributed by atoms with van der Waals surface area (Å²) >= 11 is 0. The van der Waals surface area contributed by atoms with Crippen LogP contribution in [0.15, 0.2) is 42.7 Å². The van der Waals surface area contributed by atoms with Gasteiger partial charge in [-0.15, -0.1) is 0 Å². The van der Waals surface area contributed by atoms with Gasteiger partial charge in [0.05, 0.1) is 5.69 Å². The van der Waals surface area contributed by atoms with Gasteiger partial charge >= 0.3 is 0 Å². The van der Waals surface area contributed by atoms with Crippen molar-refractivity contribution in [2.24, 2.45) is 0 Å². The Morgan fingerprint density at radius 1 is 1.24 bits per heavy atom. The molecule has 0 bridgehead atoms. The highest BCUT2D eigenvalue weighted by Crippen LogP contribution is 2.18. The van der Waals surface area contributed by atoms with Crippen LogP contribution in [0.25, 0.3) is 5.69 Å². The normalized spacial score (nSPS) is 15.8. The Balaban J connectivity index is 1.63. The quantitative estimate of drug-likeness (QED) is 0.869. The van der Waals surface area contributed by atoms with Crippen LogP contribution in [0.4, 0.5) is 0 Å². The molecule has 0 unspecified atom stereocenters.